The van der Waals surface area contributed by atoms with Crippen LogP contribution in [0.2, 0.25) is 0 Å². The fraction of sp³-hybridized carbons (Fsp3) is 0.238. The second-order valence-corrected chi connectivity index (χ2v) is 6.31. The van der Waals surface area contributed by atoms with E-state index in [1.54, 1.807) is 45.4 Å². The van der Waals surface area contributed by atoms with Crippen molar-refractivity contribution < 1.29 is 18.7 Å². The molecule has 28 heavy (non-hydrogen) atoms. The van der Waals surface area contributed by atoms with Crippen LogP contribution in [-0.4, -0.2) is 29.9 Å². The highest BCUT2D eigenvalue weighted by Crippen LogP contribution is 2.29. The van der Waals surface area contributed by atoms with E-state index in [1.165, 1.54) is 16.9 Å². The van der Waals surface area contributed by atoms with Crippen molar-refractivity contribution in [3.8, 4) is 17.2 Å². The highest BCUT2D eigenvalue weighted by molar-refractivity contribution is 5.95. The number of halogens is 1. The van der Waals surface area contributed by atoms with Gasteiger partial charge in [0.05, 0.1) is 37.7 Å². The number of para-hydroxylation sites is 1. The van der Waals surface area contributed by atoms with Gasteiger partial charge in [0, 0.05) is 11.6 Å². The molecular weight excluding hydrogens is 361 g/mol. The Balaban J connectivity index is 1.83. The Kier molecular flexibility index (Phi) is 5.63. The zero-order chi connectivity index (χ0) is 20.3. The van der Waals surface area contributed by atoms with Crippen LogP contribution in [0, 0.1) is 12.7 Å². The SMILES string of the molecule is COc1ccc(C(C)NC(=O)c2cnn(-c3ccccc3F)c2C)c(OC)c1. The van der Waals surface area contributed by atoms with Crippen molar-refractivity contribution in [2.24, 2.45) is 0 Å². The zero-order valence-corrected chi connectivity index (χ0v) is 16.2. The number of amides is 1. The molecule has 3 rings (SSSR count). The van der Waals surface area contributed by atoms with Crippen LogP contribution in [0.5, 0.6) is 11.5 Å². The summed E-state index contributed by atoms with van der Waals surface area (Å²) in [6, 6.07) is 11.4. The minimum atomic E-state index is -0.406. The lowest BCUT2D eigenvalue weighted by molar-refractivity contribution is 0.0939. The third kappa shape index (κ3) is 3.69. The summed E-state index contributed by atoms with van der Waals surface area (Å²) in [6.45, 7) is 3.59. The van der Waals surface area contributed by atoms with Gasteiger partial charge in [-0.2, -0.15) is 5.10 Å². The summed E-state index contributed by atoms with van der Waals surface area (Å²) in [5.41, 5.74) is 2.04. The van der Waals surface area contributed by atoms with Gasteiger partial charge in [-0.25, -0.2) is 9.07 Å². The number of rotatable bonds is 6. The average molecular weight is 383 g/mol. The van der Waals surface area contributed by atoms with Gasteiger partial charge < -0.3 is 14.8 Å². The van der Waals surface area contributed by atoms with Gasteiger partial charge in [0.25, 0.3) is 5.91 Å². The van der Waals surface area contributed by atoms with E-state index in [1.807, 2.05) is 19.1 Å². The first-order valence-electron chi connectivity index (χ1n) is 8.78. The maximum atomic E-state index is 14.1. The summed E-state index contributed by atoms with van der Waals surface area (Å²) in [7, 11) is 3.14. The Morgan fingerprint density at radius 1 is 1.18 bits per heavy atom. The van der Waals surface area contributed by atoms with E-state index < -0.39 is 5.82 Å². The molecule has 0 aliphatic rings. The van der Waals surface area contributed by atoms with E-state index in [4.69, 9.17) is 9.47 Å². The van der Waals surface area contributed by atoms with Gasteiger partial charge in [0.15, 0.2) is 0 Å². The first-order chi connectivity index (χ1) is 13.5. The van der Waals surface area contributed by atoms with Crippen LogP contribution in [0.25, 0.3) is 5.69 Å². The molecule has 1 atom stereocenters. The molecule has 1 aromatic heterocycles. The molecule has 1 N–H and O–H groups in total. The topological polar surface area (TPSA) is 65.4 Å². The van der Waals surface area contributed by atoms with E-state index in [-0.39, 0.29) is 11.9 Å². The predicted molar refractivity (Wildman–Crippen MR) is 104 cm³/mol. The number of aromatic nitrogens is 2. The van der Waals surface area contributed by atoms with Gasteiger partial charge >= 0.3 is 0 Å². The second-order valence-electron chi connectivity index (χ2n) is 6.31. The number of hydrogen-bond acceptors (Lipinski definition) is 4. The molecule has 1 heterocycles. The molecule has 1 amide bonds. The molecule has 0 saturated heterocycles. The Hall–Kier alpha value is -3.35. The van der Waals surface area contributed by atoms with Gasteiger partial charge in [0.1, 0.15) is 23.0 Å². The van der Waals surface area contributed by atoms with Crippen LogP contribution >= 0.6 is 0 Å². The molecule has 146 valence electrons. The van der Waals surface area contributed by atoms with Gasteiger partial charge in [-0.15, -0.1) is 0 Å². The molecule has 0 bridgehead atoms. The van der Waals surface area contributed by atoms with E-state index in [0.29, 0.717) is 28.4 Å². The Morgan fingerprint density at radius 2 is 1.93 bits per heavy atom. The number of nitrogens with one attached hydrogen (secondary N) is 1. The van der Waals surface area contributed by atoms with Crippen LogP contribution in [0.1, 0.15) is 34.6 Å². The van der Waals surface area contributed by atoms with Crippen molar-refractivity contribution in [3.63, 3.8) is 0 Å². The summed E-state index contributed by atoms with van der Waals surface area (Å²) in [5, 5.41) is 7.12. The van der Waals surface area contributed by atoms with Crippen molar-refractivity contribution in [3.05, 3.63) is 71.3 Å². The first kappa shape index (κ1) is 19.4. The van der Waals surface area contributed by atoms with E-state index in [2.05, 4.69) is 10.4 Å². The van der Waals surface area contributed by atoms with Crippen molar-refractivity contribution >= 4 is 5.91 Å². The predicted octanol–water partition coefficient (Wildman–Crippen LogP) is 3.83. The summed E-state index contributed by atoms with van der Waals surface area (Å²) >= 11 is 0. The van der Waals surface area contributed by atoms with Crippen molar-refractivity contribution in [1.29, 1.82) is 0 Å². The van der Waals surface area contributed by atoms with Crippen molar-refractivity contribution in [1.82, 2.24) is 15.1 Å². The average Bonchev–Trinajstić information content (AvgIpc) is 3.09. The standard InChI is InChI=1S/C21H22FN3O3/c1-13(16-10-9-15(27-3)11-20(16)28-4)24-21(26)17-12-23-25(14(17)2)19-8-6-5-7-18(19)22/h5-13H,1-4H3,(H,24,26). The lowest BCUT2D eigenvalue weighted by Gasteiger charge is -2.18. The second kappa shape index (κ2) is 8.12. The third-order valence-electron chi connectivity index (χ3n) is 4.59. The lowest BCUT2D eigenvalue weighted by atomic mass is 10.1. The molecule has 0 fully saturated rings. The maximum Gasteiger partial charge on any atom is 0.255 e. The molecule has 0 aliphatic carbocycles. The zero-order valence-electron chi connectivity index (χ0n) is 16.2. The Morgan fingerprint density at radius 3 is 2.61 bits per heavy atom. The Bertz CT molecular complexity index is 1000. The molecule has 0 saturated carbocycles. The molecule has 3 aromatic rings. The minimum absolute atomic E-state index is 0.295. The summed E-state index contributed by atoms with van der Waals surface area (Å²) in [4.78, 5) is 12.8. The molecule has 6 nitrogen and oxygen atoms in total. The molecule has 1 unspecified atom stereocenters. The fourth-order valence-corrected chi connectivity index (χ4v) is 3.03. The number of ether oxygens (including phenoxy) is 2. The number of carbonyl (C=O) groups is 1. The quantitative estimate of drug-likeness (QED) is 0.703. The van der Waals surface area contributed by atoms with Gasteiger partial charge in [-0.1, -0.05) is 12.1 Å². The number of hydrogen-bond donors (Lipinski definition) is 1. The summed E-state index contributed by atoms with van der Waals surface area (Å²) in [6.07, 6.45) is 1.44. The van der Waals surface area contributed by atoms with Crippen LogP contribution in [0.4, 0.5) is 4.39 Å². The summed E-state index contributed by atoms with van der Waals surface area (Å²) in [5.74, 6) is 0.578. The monoisotopic (exact) mass is 383 g/mol. The maximum absolute atomic E-state index is 14.1. The molecular formula is C21H22FN3O3. The smallest absolute Gasteiger partial charge is 0.255 e. The largest absolute Gasteiger partial charge is 0.497 e. The Labute approximate surface area is 162 Å². The molecule has 0 radical (unpaired) electrons. The molecule has 0 spiro atoms. The highest BCUT2D eigenvalue weighted by atomic mass is 19.1. The lowest BCUT2D eigenvalue weighted by Crippen LogP contribution is -2.27. The van der Waals surface area contributed by atoms with Crippen molar-refractivity contribution in [2.75, 3.05) is 14.2 Å². The first-order valence-corrected chi connectivity index (χ1v) is 8.78. The van der Waals surface area contributed by atoms with Crippen LogP contribution < -0.4 is 14.8 Å². The van der Waals surface area contributed by atoms with E-state index in [9.17, 15) is 9.18 Å². The van der Waals surface area contributed by atoms with E-state index in [0.717, 1.165) is 5.56 Å². The highest BCUT2D eigenvalue weighted by Gasteiger charge is 2.20. The van der Waals surface area contributed by atoms with Gasteiger partial charge in [-0.05, 0) is 38.1 Å². The van der Waals surface area contributed by atoms with Crippen LogP contribution in [-0.2, 0) is 0 Å². The van der Waals surface area contributed by atoms with Gasteiger partial charge in [-0.3, -0.25) is 4.79 Å². The number of nitrogens with zero attached hydrogens (tertiary/aromatic N) is 2. The van der Waals surface area contributed by atoms with Crippen molar-refractivity contribution in [2.45, 2.75) is 19.9 Å². The number of benzene rings is 2. The molecule has 7 heteroatoms. The van der Waals surface area contributed by atoms with E-state index >= 15 is 0 Å². The normalized spacial score (nSPS) is 11.8. The molecule has 2 aromatic carbocycles. The third-order valence-corrected chi connectivity index (χ3v) is 4.59. The fourth-order valence-electron chi connectivity index (χ4n) is 3.03. The summed E-state index contributed by atoms with van der Waals surface area (Å²) < 4.78 is 26.1. The minimum Gasteiger partial charge on any atom is -0.497 e. The van der Waals surface area contributed by atoms with Gasteiger partial charge in [0.2, 0.25) is 0 Å². The number of carbonyl (C=O) groups excluding carboxylic acids is 1. The number of methoxy groups -OCH3 is 2. The van der Waals surface area contributed by atoms with Crippen LogP contribution in [0.15, 0.2) is 48.7 Å². The molecule has 0 aliphatic heterocycles. The van der Waals surface area contributed by atoms with Crippen LogP contribution in [0.3, 0.4) is 0 Å².